The molecule has 2 nitrogen and oxygen atoms in total. The molecule has 1 aliphatic rings. The van der Waals surface area contributed by atoms with Gasteiger partial charge in [-0.25, -0.2) is 0 Å². The van der Waals surface area contributed by atoms with Crippen molar-refractivity contribution in [3.8, 4) is 0 Å². The van der Waals surface area contributed by atoms with Crippen molar-refractivity contribution in [2.75, 3.05) is 13.6 Å². The van der Waals surface area contributed by atoms with Crippen LogP contribution in [-0.4, -0.2) is 23.1 Å². The van der Waals surface area contributed by atoms with Gasteiger partial charge in [0.25, 0.3) is 0 Å². The fraction of sp³-hybridized carbons (Fsp3) is 0.333. The van der Waals surface area contributed by atoms with Crippen LogP contribution in [-0.2, 0) is 13.0 Å². The molecule has 0 unspecified atom stereocenters. The highest BCUT2D eigenvalue weighted by Crippen LogP contribution is 2.31. The molecule has 2 heterocycles. The Hall–Kier alpha value is -2.32. The Morgan fingerprint density at radius 2 is 1.81 bits per heavy atom. The second-order valence-corrected chi connectivity index (χ2v) is 7.94. The van der Waals surface area contributed by atoms with Crippen LogP contribution in [0.5, 0.6) is 0 Å². The number of likely N-dealkylation sites (N-methyl/N-ethyl adjacent to an activating group) is 1. The van der Waals surface area contributed by atoms with Crippen molar-refractivity contribution in [2.24, 2.45) is 0 Å². The largest absolute Gasteiger partial charge is 0.320 e. The SMILES string of the molecule is Cc1ccc2c(c1)c1c(n2C=Cc2ccc(C(C)C)cc2)CCN(C)C1. The normalized spacial score (nSPS) is 15.3. The zero-order chi connectivity index (χ0) is 18.3. The summed E-state index contributed by atoms with van der Waals surface area (Å²) in [6.45, 7) is 8.82. The summed E-state index contributed by atoms with van der Waals surface area (Å²) in [6.07, 6.45) is 5.60. The maximum absolute atomic E-state index is 2.42. The Labute approximate surface area is 156 Å². The smallest absolute Gasteiger partial charge is 0.0528 e. The summed E-state index contributed by atoms with van der Waals surface area (Å²) in [5.41, 5.74) is 8.27. The molecule has 1 aliphatic heterocycles. The summed E-state index contributed by atoms with van der Waals surface area (Å²) >= 11 is 0. The van der Waals surface area contributed by atoms with E-state index in [-0.39, 0.29) is 0 Å². The Bertz CT molecular complexity index is 958. The minimum Gasteiger partial charge on any atom is -0.320 e. The number of benzene rings is 2. The van der Waals surface area contributed by atoms with Crippen LogP contribution in [0.2, 0.25) is 0 Å². The Balaban J connectivity index is 1.76. The lowest BCUT2D eigenvalue weighted by Crippen LogP contribution is -2.26. The predicted molar refractivity (Wildman–Crippen MR) is 112 cm³/mol. The molecule has 0 aliphatic carbocycles. The summed E-state index contributed by atoms with van der Waals surface area (Å²) in [7, 11) is 2.22. The first-order chi connectivity index (χ1) is 12.5. The van der Waals surface area contributed by atoms with E-state index < -0.39 is 0 Å². The van der Waals surface area contributed by atoms with Gasteiger partial charge in [0.15, 0.2) is 0 Å². The lowest BCUT2D eigenvalue weighted by atomic mass is 10.0. The maximum Gasteiger partial charge on any atom is 0.0528 e. The van der Waals surface area contributed by atoms with Crippen LogP contribution in [0, 0.1) is 6.92 Å². The second-order valence-electron chi connectivity index (χ2n) is 7.94. The lowest BCUT2D eigenvalue weighted by molar-refractivity contribution is 0.312. The van der Waals surface area contributed by atoms with Gasteiger partial charge in [0, 0.05) is 36.8 Å². The molecule has 0 bridgehead atoms. The van der Waals surface area contributed by atoms with Gasteiger partial charge in [-0.3, -0.25) is 0 Å². The first-order valence-electron chi connectivity index (χ1n) is 9.62. The molecule has 0 N–H and O–H groups in total. The number of rotatable bonds is 3. The van der Waals surface area contributed by atoms with Gasteiger partial charge in [-0.15, -0.1) is 0 Å². The molecule has 2 heteroatoms. The number of hydrogen-bond acceptors (Lipinski definition) is 1. The van der Waals surface area contributed by atoms with E-state index in [4.69, 9.17) is 0 Å². The summed E-state index contributed by atoms with van der Waals surface area (Å²) in [6, 6.07) is 15.8. The van der Waals surface area contributed by atoms with E-state index in [0.717, 1.165) is 19.5 Å². The number of nitrogens with zero attached hydrogens (tertiary/aromatic N) is 2. The molecule has 0 saturated carbocycles. The van der Waals surface area contributed by atoms with Crippen LogP contribution in [0.1, 0.15) is 47.7 Å². The van der Waals surface area contributed by atoms with E-state index in [2.05, 4.69) is 92.0 Å². The van der Waals surface area contributed by atoms with Gasteiger partial charge in [0.05, 0.1) is 5.52 Å². The molecular weight excluding hydrogens is 316 g/mol. The highest BCUT2D eigenvalue weighted by Gasteiger charge is 2.21. The lowest BCUT2D eigenvalue weighted by Gasteiger charge is -2.23. The van der Waals surface area contributed by atoms with Gasteiger partial charge in [0.2, 0.25) is 0 Å². The number of fused-ring (bicyclic) bond motifs is 3. The van der Waals surface area contributed by atoms with Gasteiger partial charge in [-0.05, 0) is 54.8 Å². The summed E-state index contributed by atoms with van der Waals surface area (Å²) in [4.78, 5) is 2.42. The van der Waals surface area contributed by atoms with E-state index in [1.807, 2.05) is 0 Å². The molecular formula is C24H28N2. The van der Waals surface area contributed by atoms with E-state index in [0.29, 0.717) is 5.92 Å². The average molecular weight is 345 g/mol. The van der Waals surface area contributed by atoms with Crippen LogP contribution in [0.15, 0.2) is 42.5 Å². The van der Waals surface area contributed by atoms with E-state index >= 15 is 0 Å². The molecule has 0 spiro atoms. The predicted octanol–water partition coefficient (Wildman–Crippen LogP) is 5.69. The quantitative estimate of drug-likeness (QED) is 0.592. The van der Waals surface area contributed by atoms with E-state index in [9.17, 15) is 0 Å². The third-order valence-electron chi connectivity index (χ3n) is 5.55. The van der Waals surface area contributed by atoms with Crippen molar-refractivity contribution >= 4 is 23.2 Å². The van der Waals surface area contributed by atoms with Crippen LogP contribution >= 0.6 is 0 Å². The van der Waals surface area contributed by atoms with Crippen molar-refractivity contribution in [2.45, 2.75) is 39.7 Å². The minimum absolute atomic E-state index is 0.577. The van der Waals surface area contributed by atoms with Crippen molar-refractivity contribution in [1.82, 2.24) is 9.47 Å². The van der Waals surface area contributed by atoms with Crippen LogP contribution in [0.3, 0.4) is 0 Å². The van der Waals surface area contributed by atoms with Crippen molar-refractivity contribution in [1.29, 1.82) is 0 Å². The standard InChI is InChI=1S/C24H28N2/c1-17(2)20-8-6-19(7-9-20)11-14-26-23-10-5-18(3)15-21(23)22-16-25(4)13-12-24(22)26/h5-11,14-15,17H,12-13,16H2,1-4H3. The number of hydrogen-bond donors (Lipinski definition) is 0. The Kier molecular flexibility index (Phi) is 4.46. The zero-order valence-electron chi connectivity index (χ0n) is 16.3. The van der Waals surface area contributed by atoms with Crippen molar-refractivity contribution in [3.05, 3.63) is 70.4 Å². The van der Waals surface area contributed by atoms with Crippen LogP contribution in [0.25, 0.3) is 23.2 Å². The molecule has 26 heavy (non-hydrogen) atoms. The molecule has 3 aromatic rings. The van der Waals surface area contributed by atoms with Gasteiger partial charge in [0.1, 0.15) is 0 Å². The van der Waals surface area contributed by atoms with Crippen LogP contribution in [0.4, 0.5) is 0 Å². The first-order valence-corrected chi connectivity index (χ1v) is 9.62. The molecule has 2 aromatic carbocycles. The topological polar surface area (TPSA) is 8.17 Å². The molecule has 1 aromatic heterocycles. The highest BCUT2D eigenvalue weighted by atomic mass is 15.1. The summed E-state index contributed by atoms with van der Waals surface area (Å²) in [5.74, 6) is 0.577. The fourth-order valence-corrected chi connectivity index (χ4v) is 3.96. The van der Waals surface area contributed by atoms with Gasteiger partial charge in [-0.2, -0.15) is 0 Å². The third-order valence-corrected chi connectivity index (χ3v) is 5.55. The number of aromatic nitrogens is 1. The number of aryl methyl sites for hydroxylation is 1. The molecule has 134 valence electrons. The van der Waals surface area contributed by atoms with E-state index in [1.165, 1.54) is 38.9 Å². The minimum atomic E-state index is 0.577. The molecule has 4 rings (SSSR count). The van der Waals surface area contributed by atoms with E-state index in [1.54, 1.807) is 0 Å². The molecule has 0 fully saturated rings. The third kappa shape index (κ3) is 3.10. The monoisotopic (exact) mass is 344 g/mol. The van der Waals surface area contributed by atoms with Gasteiger partial charge < -0.3 is 9.47 Å². The Morgan fingerprint density at radius 3 is 2.54 bits per heavy atom. The highest BCUT2D eigenvalue weighted by molar-refractivity contribution is 5.89. The molecule has 0 saturated heterocycles. The fourth-order valence-electron chi connectivity index (χ4n) is 3.96. The van der Waals surface area contributed by atoms with Crippen molar-refractivity contribution < 1.29 is 0 Å². The Morgan fingerprint density at radius 1 is 1.04 bits per heavy atom. The molecule has 0 radical (unpaired) electrons. The molecule has 0 atom stereocenters. The zero-order valence-corrected chi connectivity index (χ0v) is 16.3. The van der Waals surface area contributed by atoms with Crippen LogP contribution < -0.4 is 0 Å². The molecule has 0 amide bonds. The summed E-state index contributed by atoms with van der Waals surface area (Å²) < 4.78 is 2.41. The van der Waals surface area contributed by atoms with Gasteiger partial charge in [-0.1, -0.05) is 49.7 Å². The average Bonchev–Trinajstić information content (AvgIpc) is 2.92. The van der Waals surface area contributed by atoms with Crippen molar-refractivity contribution in [3.63, 3.8) is 0 Å². The maximum atomic E-state index is 2.42. The summed E-state index contributed by atoms with van der Waals surface area (Å²) in [5, 5.41) is 1.41. The van der Waals surface area contributed by atoms with Gasteiger partial charge >= 0.3 is 0 Å². The second kappa shape index (κ2) is 6.77. The first kappa shape index (κ1) is 17.1.